The minimum Gasteiger partial charge on any atom is -0.443 e. The van der Waals surface area contributed by atoms with Crippen molar-refractivity contribution in [1.29, 1.82) is 0 Å². The van der Waals surface area contributed by atoms with Gasteiger partial charge in [0.1, 0.15) is 11.9 Å². The first-order valence-electron chi connectivity index (χ1n) is 12.1. The zero-order valence-electron chi connectivity index (χ0n) is 21.6. The molecule has 1 aromatic carbocycles. The first-order valence-corrected chi connectivity index (χ1v) is 13.7. The highest BCUT2D eigenvalue weighted by molar-refractivity contribution is 7.54. The van der Waals surface area contributed by atoms with Crippen molar-refractivity contribution in [3.63, 3.8) is 0 Å². The van der Waals surface area contributed by atoms with Crippen LogP contribution in [0.5, 0.6) is 0 Å². The number of allylic oxidation sites excluding steroid dienone is 2. The van der Waals surface area contributed by atoms with E-state index in [0.717, 1.165) is 16.7 Å². The Balaban J connectivity index is 2.39. The van der Waals surface area contributed by atoms with Crippen LogP contribution in [-0.2, 0) is 33.4 Å². The minimum atomic E-state index is -3.86. The maximum absolute atomic E-state index is 14.5. The Hall–Kier alpha value is -2.28. The van der Waals surface area contributed by atoms with E-state index in [1.807, 2.05) is 38.1 Å². The molecule has 1 aliphatic carbocycles. The molecule has 8 nitrogen and oxygen atoms in total. The van der Waals surface area contributed by atoms with Crippen LogP contribution in [0.1, 0.15) is 64.2 Å². The molecule has 0 saturated heterocycles. The third-order valence-corrected chi connectivity index (χ3v) is 9.05. The second-order valence-electron chi connectivity index (χ2n) is 10.0. The van der Waals surface area contributed by atoms with Crippen molar-refractivity contribution in [2.75, 3.05) is 18.1 Å². The topological polar surface area (TPSA) is 99.2 Å². The van der Waals surface area contributed by atoms with Crippen molar-refractivity contribution in [3.8, 4) is 0 Å². The lowest BCUT2D eigenvalue weighted by Gasteiger charge is -2.45. The van der Waals surface area contributed by atoms with Crippen molar-refractivity contribution in [2.24, 2.45) is 5.92 Å². The molecule has 3 atom stereocenters. The van der Waals surface area contributed by atoms with E-state index in [1.54, 1.807) is 34.6 Å². The number of rotatable bonds is 7. The molecule has 0 N–H and O–H groups in total. The molecule has 1 spiro atoms. The summed E-state index contributed by atoms with van der Waals surface area (Å²) in [6.07, 6.45) is 3.80. The van der Waals surface area contributed by atoms with Gasteiger partial charge in [-0.05, 0) is 66.0 Å². The molecule has 0 radical (unpaired) electrons. The molecule has 1 aromatic rings. The molecule has 2 aliphatic rings. The summed E-state index contributed by atoms with van der Waals surface area (Å²) in [7, 11) is -3.86. The van der Waals surface area contributed by atoms with E-state index in [0.29, 0.717) is 16.8 Å². The van der Waals surface area contributed by atoms with Crippen molar-refractivity contribution in [1.82, 2.24) is 0 Å². The molecule has 0 bridgehead atoms. The molecular formula is C26H36NO7P. The largest absolute Gasteiger partial charge is 0.443 e. The third kappa shape index (κ3) is 4.64. The van der Waals surface area contributed by atoms with E-state index in [4.69, 9.17) is 13.8 Å². The van der Waals surface area contributed by atoms with Crippen LogP contribution in [0.15, 0.2) is 24.3 Å². The van der Waals surface area contributed by atoms with Crippen LogP contribution in [0.4, 0.5) is 10.5 Å². The molecular weight excluding hydrogens is 469 g/mol. The van der Waals surface area contributed by atoms with Gasteiger partial charge in [-0.25, -0.2) is 9.69 Å². The molecule has 3 rings (SSSR count). The Morgan fingerprint density at radius 2 is 1.83 bits per heavy atom. The van der Waals surface area contributed by atoms with Gasteiger partial charge in [0.15, 0.2) is 0 Å². The van der Waals surface area contributed by atoms with Crippen LogP contribution < -0.4 is 4.90 Å². The number of fused-ring (bicyclic) bond motifs is 2. The standard InChI is InChI=1S/C26H36NO7P/c1-8-32-35(31,33-9-2)21-12-10-11-19(13-14-28)26(21)20-16-17(3)15-18(4)22(20)27(23(26)29)24(30)34-25(5,6)7/h10-11,14-16,19,21H,8-9,12-13H2,1-7H3/t19-,21+,26-/m1/s1. The van der Waals surface area contributed by atoms with E-state index in [-0.39, 0.29) is 26.1 Å². The van der Waals surface area contributed by atoms with Gasteiger partial charge in [0.05, 0.1) is 30.0 Å². The lowest BCUT2D eigenvalue weighted by molar-refractivity contribution is -0.125. The van der Waals surface area contributed by atoms with E-state index in [2.05, 4.69) is 0 Å². The molecule has 0 aromatic heterocycles. The summed E-state index contributed by atoms with van der Waals surface area (Å²) in [5.74, 6) is -1.22. The third-order valence-electron chi connectivity index (χ3n) is 6.44. The molecule has 1 aliphatic heterocycles. The fraction of sp³-hybridized carbons (Fsp3) is 0.577. The van der Waals surface area contributed by atoms with Crippen LogP contribution in [0.2, 0.25) is 0 Å². The van der Waals surface area contributed by atoms with Crippen LogP contribution in [0, 0.1) is 19.8 Å². The predicted molar refractivity (Wildman–Crippen MR) is 134 cm³/mol. The van der Waals surface area contributed by atoms with Crippen LogP contribution in [-0.4, -0.2) is 42.8 Å². The fourth-order valence-corrected chi connectivity index (χ4v) is 7.89. The van der Waals surface area contributed by atoms with E-state index in [1.165, 1.54) is 0 Å². The zero-order valence-corrected chi connectivity index (χ0v) is 22.5. The number of hydrogen-bond donors (Lipinski definition) is 0. The highest BCUT2D eigenvalue weighted by Gasteiger charge is 2.66. The summed E-state index contributed by atoms with van der Waals surface area (Å²) in [4.78, 5) is 40.8. The molecule has 9 heteroatoms. The molecule has 0 fully saturated rings. The molecule has 0 unspecified atom stereocenters. The van der Waals surface area contributed by atoms with Gasteiger partial charge in [-0.1, -0.05) is 29.8 Å². The summed E-state index contributed by atoms with van der Waals surface area (Å²) in [6.45, 7) is 12.6. The second kappa shape index (κ2) is 10.00. The zero-order chi connectivity index (χ0) is 26.2. The Kier molecular flexibility index (Phi) is 7.80. The van der Waals surface area contributed by atoms with E-state index in [9.17, 15) is 18.9 Å². The number of hydrogen-bond acceptors (Lipinski definition) is 7. The van der Waals surface area contributed by atoms with Gasteiger partial charge in [0.2, 0.25) is 5.91 Å². The van der Waals surface area contributed by atoms with Gasteiger partial charge < -0.3 is 18.6 Å². The first-order chi connectivity index (χ1) is 16.4. The highest BCUT2D eigenvalue weighted by Crippen LogP contribution is 2.67. The van der Waals surface area contributed by atoms with Gasteiger partial charge in [0, 0.05) is 12.3 Å². The van der Waals surface area contributed by atoms with Crippen LogP contribution in [0.3, 0.4) is 0 Å². The molecule has 35 heavy (non-hydrogen) atoms. The smallest absolute Gasteiger partial charge is 0.421 e. The Morgan fingerprint density at radius 3 is 2.37 bits per heavy atom. The normalized spacial score (nSPS) is 24.1. The minimum absolute atomic E-state index is 0.00553. The Bertz CT molecular complexity index is 1080. The van der Waals surface area contributed by atoms with Crippen molar-refractivity contribution < 1.29 is 32.7 Å². The van der Waals surface area contributed by atoms with Crippen molar-refractivity contribution >= 4 is 31.6 Å². The average Bonchev–Trinajstić information content (AvgIpc) is 2.98. The lowest BCUT2D eigenvalue weighted by atomic mass is 9.64. The van der Waals surface area contributed by atoms with Crippen LogP contribution in [0.25, 0.3) is 0 Å². The number of aldehydes is 1. The number of anilines is 1. The summed E-state index contributed by atoms with van der Waals surface area (Å²) < 4.78 is 31.4. The first kappa shape index (κ1) is 27.3. The van der Waals surface area contributed by atoms with Gasteiger partial charge in [-0.2, -0.15) is 0 Å². The Morgan fingerprint density at radius 1 is 1.20 bits per heavy atom. The number of ether oxygens (including phenoxy) is 1. The number of carbonyl (C=O) groups is 3. The number of benzene rings is 1. The quantitative estimate of drug-likeness (QED) is 0.269. The summed E-state index contributed by atoms with van der Waals surface area (Å²) in [6, 6.07) is 3.73. The molecule has 192 valence electrons. The van der Waals surface area contributed by atoms with Crippen molar-refractivity contribution in [2.45, 2.75) is 78.0 Å². The van der Waals surface area contributed by atoms with Crippen molar-refractivity contribution in [3.05, 3.63) is 41.0 Å². The number of amides is 2. The molecule has 1 heterocycles. The summed E-state index contributed by atoms with van der Waals surface area (Å²) in [5, 5.41) is 0. The Labute approximate surface area is 207 Å². The summed E-state index contributed by atoms with van der Waals surface area (Å²) >= 11 is 0. The average molecular weight is 506 g/mol. The maximum Gasteiger partial charge on any atom is 0.421 e. The SMILES string of the molecule is CCOP(=O)(OCC)[C@H]1CC=C[C@H](CC=O)[C@]12C(=O)N(C(=O)OC(C)(C)C)c1c(C)cc(C)cc12. The highest BCUT2D eigenvalue weighted by atomic mass is 31.2. The van der Waals surface area contributed by atoms with Gasteiger partial charge in [-0.3, -0.25) is 9.36 Å². The summed E-state index contributed by atoms with van der Waals surface area (Å²) in [5.41, 5.74) is -0.732. The second-order valence-corrected chi connectivity index (χ2v) is 12.3. The van der Waals surface area contributed by atoms with Gasteiger partial charge >= 0.3 is 13.7 Å². The van der Waals surface area contributed by atoms with Gasteiger partial charge in [-0.15, -0.1) is 0 Å². The number of aryl methyl sites for hydroxylation is 2. The molecule has 0 saturated carbocycles. The number of imide groups is 1. The predicted octanol–water partition coefficient (Wildman–Crippen LogP) is 5.62. The molecule has 2 amide bonds. The van der Waals surface area contributed by atoms with E-state index >= 15 is 0 Å². The monoisotopic (exact) mass is 505 g/mol. The van der Waals surface area contributed by atoms with E-state index < -0.39 is 42.2 Å². The van der Waals surface area contributed by atoms with Crippen LogP contribution >= 0.6 is 7.60 Å². The maximum atomic E-state index is 14.5. The number of carbonyl (C=O) groups excluding carboxylic acids is 3. The fourth-order valence-electron chi connectivity index (χ4n) is 5.42. The lowest BCUT2D eigenvalue weighted by Crippen LogP contribution is -2.56. The number of nitrogens with zero attached hydrogens (tertiary/aromatic N) is 1. The van der Waals surface area contributed by atoms with Gasteiger partial charge in [0.25, 0.3) is 0 Å².